The summed E-state index contributed by atoms with van der Waals surface area (Å²) in [6.07, 6.45) is 6.48. The zero-order valence-electron chi connectivity index (χ0n) is 16.6. The van der Waals surface area contributed by atoms with E-state index in [2.05, 4.69) is 29.8 Å². The Bertz CT molecular complexity index is 849. The first-order chi connectivity index (χ1) is 13.6. The number of amides is 2. The number of para-hydroxylation sites is 1. The number of rotatable bonds is 5. The number of fused-ring (bicyclic) bond motifs is 1. The summed E-state index contributed by atoms with van der Waals surface area (Å²) >= 11 is 1.59. The lowest BCUT2D eigenvalue weighted by atomic mass is 9.99. The Balaban J connectivity index is 1.46. The number of hydrogen-bond donors (Lipinski definition) is 0. The van der Waals surface area contributed by atoms with Crippen LogP contribution in [-0.4, -0.2) is 58.1 Å². The lowest BCUT2D eigenvalue weighted by molar-refractivity contribution is -0.133. The predicted octanol–water partition coefficient (Wildman–Crippen LogP) is 3.61. The van der Waals surface area contributed by atoms with Crippen molar-refractivity contribution in [1.29, 1.82) is 0 Å². The number of aromatic nitrogens is 1. The van der Waals surface area contributed by atoms with Crippen LogP contribution in [0.2, 0.25) is 0 Å². The van der Waals surface area contributed by atoms with Gasteiger partial charge in [-0.05, 0) is 37.7 Å². The molecule has 150 valence electrons. The van der Waals surface area contributed by atoms with Gasteiger partial charge in [-0.15, -0.1) is 11.8 Å². The lowest BCUT2D eigenvalue weighted by Gasteiger charge is -2.30. The quantitative estimate of drug-likeness (QED) is 0.722. The highest BCUT2D eigenvalue weighted by atomic mass is 32.2. The first kappa shape index (κ1) is 19.4. The summed E-state index contributed by atoms with van der Waals surface area (Å²) in [7, 11) is 0. The van der Waals surface area contributed by atoms with Crippen LogP contribution in [0.3, 0.4) is 0 Å². The minimum Gasteiger partial charge on any atom is -0.342 e. The average Bonchev–Trinajstić information content (AvgIpc) is 3.36. The number of likely N-dealkylation sites (tertiary alicyclic amines) is 2. The summed E-state index contributed by atoms with van der Waals surface area (Å²) in [4.78, 5) is 30.3. The molecule has 2 amide bonds. The third-order valence-corrected chi connectivity index (χ3v) is 7.03. The molecule has 0 bridgehead atoms. The molecule has 4 rings (SSSR count). The summed E-state index contributed by atoms with van der Waals surface area (Å²) < 4.78 is 2.05. The third kappa shape index (κ3) is 4.22. The van der Waals surface area contributed by atoms with Crippen molar-refractivity contribution in [2.75, 3.05) is 31.9 Å². The van der Waals surface area contributed by atoms with E-state index in [0.717, 1.165) is 67.7 Å². The number of carbonyl (C=O) groups excluding carboxylic acids is 2. The molecule has 2 fully saturated rings. The van der Waals surface area contributed by atoms with Crippen molar-refractivity contribution >= 4 is 34.5 Å². The summed E-state index contributed by atoms with van der Waals surface area (Å²) in [5.74, 6) is 1.59. The molecule has 28 heavy (non-hydrogen) atoms. The number of thioether (sulfide) groups is 1. The largest absolute Gasteiger partial charge is 0.342 e. The van der Waals surface area contributed by atoms with Gasteiger partial charge in [-0.3, -0.25) is 9.59 Å². The van der Waals surface area contributed by atoms with Crippen LogP contribution >= 0.6 is 11.8 Å². The molecule has 1 aromatic carbocycles. The molecule has 0 N–H and O–H groups in total. The lowest BCUT2D eigenvalue weighted by Crippen LogP contribution is -2.39. The van der Waals surface area contributed by atoms with Gasteiger partial charge < -0.3 is 14.4 Å². The summed E-state index contributed by atoms with van der Waals surface area (Å²) in [5.41, 5.74) is 1.07. The van der Waals surface area contributed by atoms with E-state index in [9.17, 15) is 9.59 Å². The van der Waals surface area contributed by atoms with Crippen LogP contribution in [0, 0.1) is 5.92 Å². The molecule has 0 aliphatic carbocycles. The first-order valence-corrected chi connectivity index (χ1v) is 11.4. The second-order valence-electron chi connectivity index (χ2n) is 8.08. The molecule has 0 spiro atoms. The van der Waals surface area contributed by atoms with Gasteiger partial charge in [-0.2, -0.15) is 0 Å². The summed E-state index contributed by atoms with van der Waals surface area (Å²) in [6, 6.07) is 8.18. The van der Waals surface area contributed by atoms with Crippen molar-refractivity contribution in [3.8, 4) is 0 Å². The average molecular weight is 400 g/mol. The highest BCUT2D eigenvalue weighted by Gasteiger charge is 2.22. The van der Waals surface area contributed by atoms with Crippen LogP contribution in [0.4, 0.5) is 0 Å². The van der Waals surface area contributed by atoms with E-state index < -0.39 is 0 Å². The molecule has 1 aromatic heterocycles. The highest BCUT2D eigenvalue weighted by molar-refractivity contribution is 8.00. The zero-order chi connectivity index (χ0) is 19.5. The zero-order valence-corrected chi connectivity index (χ0v) is 17.4. The molecule has 2 saturated heterocycles. The van der Waals surface area contributed by atoms with Gasteiger partial charge in [0.15, 0.2) is 0 Å². The molecular formula is C22H29N3O2S. The van der Waals surface area contributed by atoms with E-state index >= 15 is 0 Å². The van der Waals surface area contributed by atoms with Crippen LogP contribution in [0.25, 0.3) is 10.9 Å². The molecule has 0 saturated carbocycles. The van der Waals surface area contributed by atoms with Gasteiger partial charge in [-0.25, -0.2) is 0 Å². The molecule has 5 nitrogen and oxygen atoms in total. The topological polar surface area (TPSA) is 45.6 Å². The van der Waals surface area contributed by atoms with Gasteiger partial charge in [0, 0.05) is 48.2 Å². The Kier molecular flexibility index (Phi) is 5.95. The Morgan fingerprint density at radius 1 is 1.00 bits per heavy atom. The molecule has 0 unspecified atom stereocenters. The maximum absolute atomic E-state index is 12.8. The van der Waals surface area contributed by atoms with Gasteiger partial charge in [0.25, 0.3) is 0 Å². The van der Waals surface area contributed by atoms with Crippen molar-refractivity contribution in [3.05, 3.63) is 30.5 Å². The second-order valence-corrected chi connectivity index (χ2v) is 9.10. The fourth-order valence-corrected chi connectivity index (χ4v) is 5.15. The number of benzene rings is 1. The molecule has 0 radical (unpaired) electrons. The number of nitrogens with zero attached hydrogens (tertiary/aromatic N) is 3. The van der Waals surface area contributed by atoms with Crippen LogP contribution in [-0.2, 0) is 16.1 Å². The van der Waals surface area contributed by atoms with E-state index in [0.29, 0.717) is 18.2 Å². The Hall–Kier alpha value is -1.95. The predicted molar refractivity (Wildman–Crippen MR) is 113 cm³/mol. The van der Waals surface area contributed by atoms with Crippen molar-refractivity contribution < 1.29 is 9.59 Å². The van der Waals surface area contributed by atoms with E-state index in [1.165, 1.54) is 0 Å². The van der Waals surface area contributed by atoms with E-state index in [1.54, 1.807) is 11.8 Å². The molecule has 2 aromatic rings. The maximum Gasteiger partial charge on any atom is 0.242 e. The number of carbonyl (C=O) groups is 2. The smallest absolute Gasteiger partial charge is 0.242 e. The summed E-state index contributed by atoms with van der Waals surface area (Å²) in [5, 5.41) is 1.13. The minimum absolute atomic E-state index is 0.192. The van der Waals surface area contributed by atoms with E-state index in [-0.39, 0.29) is 11.8 Å². The molecule has 2 aliphatic rings. The van der Waals surface area contributed by atoms with Crippen LogP contribution in [0.15, 0.2) is 35.4 Å². The monoisotopic (exact) mass is 399 g/mol. The standard InChI is InChI=1S/C22H29N3O2S/c1-17-8-12-24(13-9-17)21(26)15-25-14-20(18-6-2-3-7-19(18)25)28-16-22(27)23-10-4-5-11-23/h2-3,6-7,14,17H,4-5,8-13,15-16H2,1H3. The minimum atomic E-state index is 0.192. The molecular weight excluding hydrogens is 370 g/mol. The maximum atomic E-state index is 12.8. The van der Waals surface area contributed by atoms with Crippen LogP contribution in [0.5, 0.6) is 0 Å². The van der Waals surface area contributed by atoms with E-state index in [1.807, 2.05) is 21.9 Å². The number of piperidine rings is 1. The van der Waals surface area contributed by atoms with Gasteiger partial charge in [0.05, 0.1) is 5.75 Å². The molecule has 0 atom stereocenters. The molecule has 2 aliphatic heterocycles. The van der Waals surface area contributed by atoms with Crippen LogP contribution < -0.4 is 0 Å². The number of hydrogen-bond acceptors (Lipinski definition) is 3. The van der Waals surface area contributed by atoms with Crippen molar-refractivity contribution in [2.24, 2.45) is 5.92 Å². The molecule has 6 heteroatoms. The van der Waals surface area contributed by atoms with Crippen molar-refractivity contribution in [2.45, 2.75) is 44.0 Å². The summed E-state index contributed by atoms with van der Waals surface area (Å²) in [6.45, 7) is 6.15. The first-order valence-electron chi connectivity index (χ1n) is 10.4. The second kappa shape index (κ2) is 8.60. The van der Waals surface area contributed by atoms with Crippen molar-refractivity contribution in [1.82, 2.24) is 14.4 Å². The van der Waals surface area contributed by atoms with Crippen LogP contribution in [0.1, 0.15) is 32.6 Å². The fraction of sp³-hybridized carbons (Fsp3) is 0.545. The third-order valence-electron chi connectivity index (χ3n) is 6.00. The van der Waals surface area contributed by atoms with Gasteiger partial charge in [0.2, 0.25) is 11.8 Å². The van der Waals surface area contributed by atoms with E-state index in [4.69, 9.17) is 0 Å². The highest BCUT2D eigenvalue weighted by Crippen LogP contribution is 2.30. The van der Waals surface area contributed by atoms with Crippen molar-refractivity contribution in [3.63, 3.8) is 0 Å². The molecule has 3 heterocycles. The Morgan fingerprint density at radius 2 is 1.68 bits per heavy atom. The fourth-order valence-electron chi connectivity index (χ4n) is 4.16. The normalized spacial score (nSPS) is 18.2. The Morgan fingerprint density at radius 3 is 2.43 bits per heavy atom. The SMILES string of the molecule is CC1CCN(C(=O)Cn2cc(SCC(=O)N3CCCC3)c3ccccc32)CC1. The van der Waals surface area contributed by atoms with Gasteiger partial charge >= 0.3 is 0 Å². The van der Waals surface area contributed by atoms with Gasteiger partial charge in [-0.1, -0.05) is 25.1 Å². The van der Waals surface area contributed by atoms with Gasteiger partial charge in [0.1, 0.15) is 6.54 Å². The Labute approximate surface area is 171 Å².